The van der Waals surface area contributed by atoms with E-state index in [-0.39, 0.29) is 5.95 Å². The number of fused-ring (bicyclic) bond motifs is 1. The lowest BCUT2D eigenvalue weighted by Gasteiger charge is -2.07. The number of imidazole rings is 1. The van der Waals surface area contributed by atoms with Gasteiger partial charge in [0.2, 0.25) is 5.95 Å². The third-order valence-corrected chi connectivity index (χ3v) is 3.24. The van der Waals surface area contributed by atoms with Crippen molar-refractivity contribution in [1.29, 1.82) is 5.26 Å². The van der Waals surface area contributed by atoms with Gasteiger partial charge in [-0.2, -0.15) is 5.26 Å². The highest BCUT2D eigenvalue weighted by Gasteiger charge is 2.12. The molecule has 2 N–H and O–H groups in total. The Kier molecular flexibility index (Phi) is 3.03. The SMILES string of the molecule is N#Cc1ccc(Cn2c(N)nc3cc(F)c(F)cc32)cc1. The summed E-state index contributed by atoms with van der Waals surface area (Å²) in [5.41, 5.74) is 7.97. The van der Waals surface area contributed by atoms with Crippen LogP contribution in [0.1, 0.15) is 11.1 Å². The predicted octanol–water partition coefficient (Wildman–Crippen LogP) is 2.82. The maximum absolute atomic E-state index is 13.4. The van der Waals surface area contributed by atoms with Crippen LogP contribution in [0.3, 0.4) is 0 Å². The topological polar surface area (TPSA) is 67.6 Å². The molecular formula is C15H10F2N4. The number of nitrogens with two attached hydrogens (primary N) is 1. The van der Waals surface area contributed by atoms with Gasteiger partial charge in [-0.05, 0) is 17.7 Å². The van der Waals surface area contributed by atoms with Crippen molar-refractivity contribution in [2.24, 2.45) is 0 Å². The Balaban J connectivity index is 2.05. The van der Waals surface area contributed by atoms with Gasteiger partial charge in [-0.3, -0.25) is 0 Å². The summed E-state index contributed by atoms with van der Waals surface area (Å²) in [5.74, 6) is -1.71. The molecule has 1 aromatic heterocycles. The number of hydrogen-bond acceptors (Lipinski definition) is 3. The molecule has 1 heterocycles. The molecule has 0 radical (unpaired) electrons. The Morgan fingerprint density at radius 3 is 2.48 bits per heavy atom. The smallest absolute Gasteiger partial charge is 0.201 e. The van der Waals surface area contributed by atoms with Crippen LogP contribution in [0.15, 0.2) is 36.4 Å². The normalized spacial score (nSPS) is 10.7. The van der Waals surface area contributed by atoms with Crippen LogP contribution in [0.2, 0.25) is 0 Å². The number of hydrogen-bond donors (Lipinski definition) is 1. The molecule has 0 saturated heterocycles. The number of nitrogens with zero attached hydrogens (tertiary/aromatic N) is 3. The second kappa shape index (κ2) is 4.87. The summed E-state index contributed by atoms with van der Waals surface area (Å²) in [6, 6.07) is 11.1. The van der Waals surface area contributed by atoms with Crippen molar-refractivity contribution < 1.29 is 8.78 Å². The van der Waals surface area contributed by atoms with Gasteiger partial charge in [-0.1, -0.05) is 12.1 Å². The van der Waals surface area contributed by atoms with Gasteiger partial charge >= 0.3 is 0 Å². The fourth-order valence-electron chi connectivity index (χ4n) is 2.17. The summed E-state index contributed by atoms with van der Waals surface area (Å²) in [5, 5.41) is 8.76. The van der Waals surface area contributed by atoms with Gasteiger partial charge in [-0.25, -0.2) is 13.8 Å². The third kappa shape index (κ3) is 2.30. The Labute approximate surface area is 119 Å². The molecule has 3 rings (SSSR count). The van der Waals surface area contributed by atoms with E-state index < -0.39 is 11.6 Å². The zero-order valence-corrected chi connectivity index (χ0v) is 10.8. The van der Waals surface area contributed by atoms with E-state index in [2.05, 4.69) is 4.98 Å². The molecule has 104 valence electrons. The summed E-state index contributed by atoms with van der Waals surface area (Å²) in [4.78, 5) is 4.03. The van der Waals surface area contributed by atoms with Crippen molar-refractivity contribution in [3.63, 3.8) is 0 Å². The zero-order chi connectivity index (χ0) is 15.0. The summed E-state index contributed by atoms with van der Waals surface area (Å²) < 4.78 is 28.2. The first-order chi connectivity index (χ1) is 10.1. The van der Waals surface area contributed by atoms with Crippen LogP contribution in [0.5, 0.6) is 0 Å². The van der Waals surface area contributed by atoms with Crippen LogP contribution in [-0.4, -0.2) is 9.55 Å². The lowest BCUT2D eigenvalue weighted by molar-refractivity contribution is 0.510. The van der Waals surface area contributed by atoms with Gasteiger partial charge in [0.15, 0.2) is 11.6 Å². The average Bonchev–Trinajstić information content (AvgIpc) is 2.76. The van der Waals surface area contributed by atoms with Crippen LogP contribution in [0.4, 0.5) is 14.7 Å². The monoisotopic (exact) mass is 284 g/mol. The van der Waals surface area contributed by atoms with Crippen molar-refractivity contribution in [2.75, 3.05) is 5.73 Å². The highest BCUT2D eigenvalue weighted by atomic mass is 19.2. The number of nitriles is 1. The Hall–Kier alpha value is -2.94. The predicted molar refractivity (Wildman–Crippen MR) is 74.3 cm³/mol. The van der Waals surface area contributed by atoms with E-state index in [9.17, 15) is 8.78 Å². The van der Waals surface area contributed by atoms with Gasteiger partial charge in [-0.15, -0.1) is 0 Å². The van der Waals surface area contributed by atoms with Crippen molar-refractivity contribution in [3.05, 3.63) is 59.2 Å². The average molecular weight is 284 g/mol. The number of anilines is 1. The van der Waals surface area contributed by atoms with E-state index >= 15 is 0 Å². The molecule has 0 fully saturated rings. The lowest BCUT2D eigenvalue weighted by atomic mass is 10.1. The van der Waals surface area contributed by atoms with E-state index in [0.717, 1.165) is 17.7 Å². The van der Waals surface area contributed by atoms with E-state index in [0.29, 0.717) is 23.1 Å². The lowest BCUT2D eigenvalue weighted by Crippen LogP contribution is -2.04. The quantitative estimate of drug-likeness (QED) is 0.786. The van der Waals surface area contributed by atoms with Crippen LogP contribution in [0, 0.1) is 23.0 Å². The minimum absolute atomic E-state index is 0.180. The summed E-state index contributed by atoms with van der Waals surface area (Å²) in [6.45, 7) is 0.360. The molecule has 0 spiro atoms. The first-order valence-electron chi connectivity index (χ1n) is 6.18. The fourth-order valence-corrected chi connectivity index (χ4v) is 2.17. The Morgan fingerprint density at radius 2 is 1.81 bits per heavy atom. The molecule has 2 aromatic carbocycles. The molecule has 0 bridgehead atoms. The number of nitrogen functional groups attached to an aromatic ring is 1. The highest BCUT2D eigenvalue weighted by Crippen LogP contribution is 2.22. The molecule has 0 saturated carbocycles. The number of rotatable bonds is 2. The molecule has 0 amide bonds. The van der Waals surface area contributed by atoms with Gasteiger partial charge in [0.05, 0.1) is 29.2 Å². The minimum Gasteiger partial charge on any atom is -0.369 e. The standard InChI is InChI=1S/C15H10F2N4/c16-11-5-13-14(6-12(11)17)21(15(19)20-13)8-10-3-1-9(7-18)2-4-10/h1-6H,8H2,(H2,19,20). The van der Waals surface area contributed by atoms with Gasteiger partial charge in [0.1, 0.15) is 0 Å². The Morgan fingerprint density at radius 1 is 1.14 bits per heavy atom. The van der Waals surface area contributed by atoms with Crippen molar-refractivity contribution in [1.82, 2.24) is 9.55 Å². The maximum atomic E-state index is 13.4. The van der Waals surface area contributed by atoms with Crippen molar-refractivity contribution >= 4 is 17.0 Å². The second-order valence-electron chi connectivity index (χ2n) is 4.62. The van der Waals surface area contributed by atoms with Crippen LogP contribution in [-0.2, 0) is 6.54 Å². The molecule has 0 aliphatic rings. The first kappa shape index (κ1) is 13.1. The van der Waals surface area contributed by atoms with E-state index in [1.165, 1.54) is 0 Å². The zero-order valence-electron chi connectivity index (χ0n) is 10.8. The van der Waals surface area contributed by atoms with Crippen molar-refractivity contribution in [2.45, 2.75) is 6.54 Å². The van der Waals surface area contributed by atoms with Gasteiger partial charge in [0.25, 0.3) is 0 Å². The molecule has 0 aliphatic carbocycles. The Bertz CT molecular complexity index is 860. The van der Waals surface area contributed by atoms with E-state index in [4.69, 9.17) is 11.0 Å². The molecule has 4 nitrogen and oxygen atoms in total. The largest absolute Gasteiger partial charge is 0.369 e. The van der Waals surface area contributed by atoms with Crippen LogP contribution >= 0.6 is 0 Å². The summed E-state index contributed by atoms with van der Waals surface area (Å²) in [7, 11) is 0. The van der Waals surface area contributed by atoms with Crippen LogP contribution in [0.25, 0.3) is 11.0 Å². The number of benzene rings is 2. The van der Waals surface area contributed by atoms with Gasteiger partial charge in [0, 0.05) is 12.1 Å². The fraction of sp³-hybridized carbons (Fsp3) is 0.0667. The molecule has 0 unspecified atom stereocenters. The molecule has 21 heavy (non-hydrogen) atoms. The molecule has 0 atom stereocenters. The van der Waals surface area contributed by atoms with Crippen LogP contribution < -0.4 is 5.73 Å². The molecule has 6 heteroatoms. The first-order valence-corrected chi connectivity index (χ1v) is 6.18. The minimum atomic E-state index is -0.953. The molecule has 0 aliphatic heterocycles. The molecular weight excluding hydrogens is 274 g/mol. The second-order valence-corrected chi connectivity index (χ2v) is 4.62. The van der Waals surface area contributed by atoms with E-state index in [1.807, 2.05) is 6.07 Å². The number of halogens is 2. The highest BCUT2D eigenvalue weighted by molar-refractivity contribution is 5.78. The third-order valence-electron chi connectivity index (χ3n) is 3.24. The molecule has 3 aromatic rings. The number of aromatic nitrogens is 2. The summed E-state index contributed by atoms with van der Waals surface area (Å²) in [6.07, 6.45) is 0. The maximum Gasteiger partial charge on any atom is 0.201 e. The van der Waals surface area contributed by atoms with E-state index in [1.54, 1.807) is 28.8 Å². The van der Waals surface area contributed by atoms with Gasteiger partial charge < -0.3 is 10.3 Å². The van der Waals surface area contributed by atoms with Crippen molar-refractivity contribution in [3.8, 4) is 6.07 Å². The summed E-state index contributed by atoms with van der Waals surface area (Å²) >= 11 is 0.